The predicted octanol–water partition coefficient (Wildman–Crippen LogP) is 3.64. The van der Waals surface area contributed by atoms with Gasteiger partial charge in [0.1, 0.15) is 10.6 Å². The molecule has 0 atom stereocenters. The lowest BCUT2D eigenvalue weighted by molar-refractivity contribution is 0.103. The van der Waals surface area contributed by atoms with Crippen molar-refractivity contribution in [3.63, 3.8) is 0 Å². The molecule has 0 spiro atoms. The van der Waals surface area contributed by atoms with Gasteiger partial charge in [0.2, 0.25) is 10.9 Å². The van der Waals surface area contributed by atoms with Crippen molar-refractivity contribution < 1.29 is 4.79 Å². The van der Waals surface area contributed by atoms with Gasteiger partial charge in [0, 0.05) is 38.7 Å². The molecule has 2 aromatic carbocycles. The lowest BCUT2D eigenvalue weighted by Gasteiger charge is -2.20. The van der Waals surface area contributed by atoms with E-state index in [1.165, 1.54) is 11.3 Å². The molecule has 2 aromatic heterocycles. The number of thiophene rings is 1. The van der Waals surface area contributed by atoms with Gasteiger partial charge in [-0.1, -0.05) is 6.07 Å². The summed E-state index contributed by atoms with van der Waals surface area (Å²) in [5.74, 6) is -0.246. The molecule has 162 valence electrons. The molecule has 0 aliphatic rings. The van der Waals surface area contributed by atoms with E-state index in [4.69, 9.17) is 0 Å². The van der Waals surface area contributed by atoms with Gasteiger partial charge < -0.3 is 15.5 Å². The van der Waals surface area contributed by atoms with Crippen LogP contribution in [0.15, 0.2) is 63.8 Å². The Labute approximate surface area is 189 Å². The predicted molar refractivity (Wildman–Crippen MR) is 130 cm³/mol. The number of carbonyl (C=O) groups excluding carboxylic acids is 1. The van der Waals surface area contributed by atoms with Crippen LogP contribution in [-0.4, -0.2) is 25.0 Å². The molecule has 7 nitrogen and oxygen atoms in total. The molecular weight excluding hydrogens is 424 g/mol. The van der Waals surface area contributed by atoms with Crippen LogP contribution in [0.3, 0.4) is 0 Å². The number of aromatic nitrogens is 1. The number of hydrogen-bond donors (Lipinski definition) is 2. The fourth-order valence-electron chi connectivity index (χ4n) is 3.54. The summed E-state index contributed by atoms with van der Waals surface area (Å²) in [7, 11) is 3.47. The van der Waals surface area contributed by atoms with E-state index in [1.54, 1.807) is 43.5 Å². The second kappa shape index (κ2) is 8.76. The van der Waals surface area contributed by atoms with Crippen molar-refractivity contribution in [1.29, 1.82) is 0 Å². The second-order valence-electron chi connectivity index (χ2n) is 7.63. The minimum absolute atomic E-state index is 0.246. The van der Waals surface area contributed by atoms with Crippen LogP contribution in [0.25, 0.3) is 11.1 Å². The van der Waals surface area contributed by atoms with Crippen LogP contribution in [-0.2, 0) is 6.54 Å². The van der Waals surface area contributed by atoms with Crippen LogP contribution >= 0.6 is 11.3 Å². The van der Waals surface area contributed by atoms with E-state index in [0.717, 1.165) is 16.8 Å². The maximum Gasteiger partial charge on any atom is 0.267 e. The third-order valence-corrected chi connectivity index (χ3v) is 6.11. The van der Waals surface area contributed by atoms with Crippen LogP contribution in [0.2, 0.25) is 0 Å². The average molecular weight is 447 g/mol. The highest BCUT2D eigenvalue weighted by Crippen LogP contribution is 2.31. The number of pyridine rings is 1. The maximum atomic E-state index is 13.0. The van der Waals surface area contributed by atoms with Crippen LogP contribution < -0.4 is 26.4 Å². The number of anilines is 3. The van der Waals surface area contributed by atoms with E-state index in [2.05, 4.69) is 15.6 Å². The number of rotatable bonds is 7. The fraction of sp³-hybridized carbons (Fsp3) is 0.167. The van der Waals surface area contributed by atoms with Gasteiger partial charge in [0.15, 0.2) is 0 Å². The number of aryl methyl sites for hydroxylation is 1. The number of nitrogens with zero attached hydrogens (tertiary/aromatic N) is 2. The van der Waals surface area contributed by atoms with Gasteiger partial charge in [0.25, 0.3) is 5.91 Å². The zero-order valence-electron chi connectivity index (χ0n) is 17.9. The molecule has 4 rings (SSSR count). The third kappa shape index (κ3) is 4.04. The highest BCUT2D eigenvalue weighted by atomic mass is 32.1. The Morgan fingerprint density at radius 3 is 2.53 bits per heavy atom. The molecule has 0 aliphatic carbocycles. The van der Waals surface area contributed by atoms with E-state index in [9.17, 15) is 14.4 Å². The fourth-order valence-corrected chi connectivity index (χ4v) is 4.30. The van der Waals surface area contributed by atoms with E-state index in [1.807, 2.05) is 36.6 Å². The summed E-state index contributed by atoms with van der Waals surface area (Å²) in [6.07, 6.45) is 3.45. The Kier molecular flexibility index (Phi) is 5.87. The van der Waals surface area contributed by atoms with Crippen LogP contribution in [0.5, 0.6) is 0 Å². The van der Waals surface area contributed by atoms with Gasteiger partial charge in [0.05, 0.1) is 11.3 Å². The normalized spacial score (nSPS) is 10.8. The number of carbonyl (C=O) groups is 1. The molecule has 0 saturated carbocycles. The highest BCUT2D eigenvalue weighted by molar-refractivity contribution is 7.12. The van der Waals surface area contributed by atoms with Crippen LogP contribution in [0, 0.1) is 6.92 Å². The Balaban J connectivity index is 1.55. The molecule has 8 heteroatoms. The minimum Gasteiger partial charge on any atom is -0.380 e. The number of nitrogens with one attached hydrogen (secondary N) is 2. The van der Waals surface area contributed by atoms with Gasteiger partial charge in [-0.2, -0.15) is 0 Å². The summed E-state index contributed by atoms with van der Waals surface area (Å²) in [6, 6.07) is 11.1. The van der Waals surface area contributed by atoms with Gasteiger partial charge in [-0.25, -0.2) is 0 Å². The van der Waals surface area contributed by atoms with Crippen molar-refractivity contribution in [2.75, 3.05) is 29.6 Å². The van der Waals surface area contributed by atoms with Crippen molar-refractivity contribution in [3.8, 4) is 11.1 Å². The van der Waals surface area contributed by atoms with Gasteiger partial charge in [-0.3, -0.25) is 19.4 Å². The molecule has 0 radical (unpaired) electrons. The largest absolute Gasteiger partial charge is 0.380 e. The quantitative estimate of drug-likeness (QED) is 0.421. The molecule has 1 amide bonds. The second-order valence-corrected chi connectivity index (χ2v) is 8.55. The topological polar surface area (TPSA) is 91.4 Å². The molecule has 0 fully saturated rings. The van der Waals surface area contributed by atoms with E-state index >= 15 is 0 Å². The first-order chi connectivity index (χ1) is 15.4. The molecule has 32 heavy (non-hydrogen) atoms. The SMILES string of the molecule is Cc1ccc(NC(=O)c2sccc2NCc2ccncc2)cc1-c1c(N(C)C)c(=O)c1=O. The number of benzene rings is 1. The summed E-state index contributed by atoms with van der Waals surface area (Å²) >= 11 is 1.34. The van der Waals surface area contributed by atoms with Gasteiger partial charge >= 0.3 is 0 Å². The van der Waals surface area contributed by atoms with Crippen molar-refractivity contribution in [2.24, 2.45) is 0 Å². The zero-order valence-corrected chi connectivity index (χ0v) is 18.7. The minimum atomic E-state index is -0.499. The van der Waals surface area contributed by atoms with Crippen molar-refractivity contribution in [1.82, 2.24) is 4.98 Å². The van der Waals surface area contributed by atoms with E-state index < -0.39 is 10.9 Å². The van der Waals surface area contributed by atoms with E-state index in [0.29, 0.717) is 33.9 Å². The molecule has 4 aromatic rings. The van der Waals surface area contributed by atoms with Crippen molar-refractivity contribution in [3.05, 3.63) is 90.6 Å². The first-order valence-corrected chi connectivity index (χ1v) is 10.9. The van der Waals surface area contributed by atoms with Gasteiger partial charge in [-0.05, 0) is 59.3 Å². The third-order valence-electron chi connectivity index (χ3n) is 5.20. The molecule has 0 bridgehead atoms. The number of amides is 1. The summed E-state index contributed by atoms with van der Waals surface area (Å²) in [5, 5.41) is 8.06. The Morgan fingerprint density at radius 1 is 1.06 bits per heavy atom. The Morgan fingerprint density at radius 2 is 1.81 bits per heavy atom. The molecule has 2 N–H and O–H groups in total. The monoisotopic (exact) mass is 446 g/mol. The van der Waals surface area contributed by atoms with Crippen molar-refractivity contribution in [2.45, 2.75) is 13.5 Å². The average Bonchev–Trinajstić information content (AvgIpc) is 3.26. The zero-order chi connectivity index (χ0) is 22.8. The maximum absolute atomic E-state index is 13.0. The molecular formula is C24H22N4O3S. The summed E-state index contributed by atoms with van der Waals surface area (Å²) < 4.78 is 0. The van der Waals surface area contributed by atoms with Crippen molar-refractivity contribution >= 4 is 34.3 Å². The lowest BCUT2D eigenvalue weighted by Crippen LogP contribution is -2.39. The molecule has 2 heterocycles. The first kappa shape index (κ1) is 21.5. The lowest BCUT2D eigenvalue weighted by atomic mass is 9.94. The highest BCUT2D eigenvalue weighted by Gasteiger charge is 2.25. The molecule has 0 unspecified atom stereocenters. The Bertz CT molecular complexity index is 1350. The van der Waals surface area contributed by atoms with Gasteiger partial charge in [-0.15, -0.1) is 11.3 Å². The summed E-state index contributed by atoms with van der Waals surface area (Å²) in [5.41, 5.74) is 3.67. The van der Waals surface area contributed by atoms with Crippen LogP contribution in [0.4, 0.5) is 17.1 Å². The summed E-state index contributed by atoms with van der Waals surface area (Å²) in [6.45, 7) is 2.45. The Hall–Kier alpha value is -3.78. The molecule has 0 aliphatic heterocycles. The smallest absolute Gasteiger partial charge is 0.267 e. The molecule has 0 saturated heterocycles. The van der Waals surface area contributed by atoms with E-state index in [-0.39, 0.29) is 5.91 Å². The van der Waals surface area contributed by atoms with Crippen LogP contribution in [0.1, 0.15) is 20.8 Å². The summed E-state index contributed by atoms with van der Waals surface area (Å²) in [4.78, 5) is 43.4. The first-order valence-electron chi connectivity index (χ1n) is 10.00. The number of hydrogen-bond acceptors (Lipinski definition) is 7. The standard InChI is InChI=1S/C24H22N4O3S/c1-14-4-5-16(12-17(14)19-20(28(2)3)22(30)21(19)29)27-24(31)23-18(8-11-32-23)26-13-15-6-9-25-10-7-15/h4-12,26H,13H2,1-3H3,(H,27,31).